The van der Waals surface area contributed by atoms with Crippen molar-refractivity contribution in [1.82, 2.24) is 0 Å². The lowest BCUT2D eigenvalue weighted by Gasteiger charge is -2.15. The summed E-state index contributed by atoms with van der Waals surface area (Å²) in [5.74, 6) is 0. The molecule has 0 radical (unpaired) electrons. The molecule has 182 valence electrons. The molecule has 2 aromatic carbocycles. The summed E-state index contributed by atoms with van der Waals surface area (Å²) in [5.41, 5.74) is 0.0743. The Hall–Kier alpha value is -2.68. The van der Waals surface area contributed by atoms with E-state index in [4.69, 9.17) is 23.2 Å². The van der Waals surface area contributed by atoms with Crippen LogP contribution in [0.25, 0.3) is 11.1 Å². The summed E-state index contributed by atoms with van der Waals surface area (Å²) in [6.07, 6.45) is 0. The van der Waals surface area contributed by atoms with E-state index in [0.717, 1.165) is 22.7 Å². The van der Waals surface area contributed by atoms with Crippen molar-refractivity contribution in [2.24, 2.45) is 0 Å². The Labute approximate surface area is 218 Å². The lowest BCUT2D eigenvalue weighted by atomic mass is 10.0. The largest absolute Gasteiger partial charge is 0.277 e. The number of para-hydroxylation sites is 1. The van der Waals surface area contributed by atoms with Crippen LogP contribution in [0.5, 0.6) is 0 Å². The zero-order valence-electron chi connectivity index (χ0n) is 17.1. The van der Waals surface area contributed by atoms with Crippen LogP contribution in [-0.4, -0.2) is 21.8 Å². The van der Waals surface area contributed by atoms with Crippen LogP contribution in [0.3, 0.4) is 0 Å². The maximum absolute atomic E-state index is 13.0. The van der Waals surface area contributed by atoms with Gasteiger partial charge in [-0.25, -0.2) is 16.8 Å². The van der Waals surface area contributed by atoms with Crippen molar-refractivity contribution in [1.29, 1.82) is 0 Å². The number of nitrogens with zero attached hydrogens (tertiary/aromatic N) is 1. The van der Waals surface area contributed by atoms with E-state index in [2.05, 4.69) is 9.44 Å². The Morgan fingerprint density at radius 1 is 0.743 bits per heavy atom. The highest BCUT2D eigenvalue weighted by molar-refractivity contribution is 7.95. The molecule has 0 spiro atoms. The second kappa shape index (κ2) is 9.76. The summed E-state index contributed by atoms with van der Waals surface area (Å²) in [6.45, 7) is 0. The number of thiophene rings is 2. The number of nitro groups is 1. The molecule has 0 aliphatic carbocycles. The number of halogens is 2. The van der Waals surface area contributed by atoms with E-state index in [1.807, 2.05) is 0 Å². The quantitative estimate of drug-likeness (QED) is 0.183. The summed E-state index contributed by atoms with van der Waals surface area (Å²) in [4.78, 5) is 10.9. The Kier molecular flexibility index (Phi) is 7.09. The molecule has 35 heavy (non-hydrogen) atoms. The Balaban J connectivity index is 1.82. The highest BCUT2D eigenvalue weighted by atomic mass is 35.5. The van der Waals surface area contributed by atoms with Gasteiger partial charge < -0.3 is 0 Å². The van der Waals surface area contributed by atoms with Crippen LogP contribution in [-0.2, 0) is 20.0 Å². The van der Waals surface area contributed by atoms with Crippen molar-refractivity contribution in [3.05, 3.63) is 85.5 Å². The molecule has 2 heterocycles. The normalized spacial score (nSPS) is 11.8. The van der Waals surface area contributed by atoms with E-state index in [9.17, 15) is 26.9 Å². The average molecular weight is 591 g/mol. The first-order valence-electron chi connectivity index (χ1n) is 9.40. The minimum atomic E-state index is -4.16. The number of nitro benzene ring substituents is 1. The van der Waals surface area contributed by atoms with Crippen molar-refractivity contribution in [2.75, 3.05) is 9.44 Å². The molecule has 0 bridgehead atoms. The van der Waals surface area contributed by atoms with Gasteiger partial charge in [0, 0.05) is 6.07 Å². The molecule has 0 fully saturated rings. The van der Waals surface area contributed by atoms with Gasteiger partial charge in [-0.3, -0.25) is 19.6 Å². The van der Waals surface area contributed by atoms with Gasteiger partial charge in [-0.1, -0.05) is 41.4 Å². The standard InChI is InChI=1S/C20H13Cl2N3O6S4/c21-17-7-9-19(32-17)34(28,29)23-14-6-5-12(13-3-1-2-4-16(13)25(26)27)11-15(14)24-35(30,31)20-10-8-18(22)33-20/h1-11,23-24H. The van der Waals surface area contributed by atoms with Gasteiger partial charge in [0.05, 0.1) is 30.5 Å². The molecule has 2 aromatic heterocycles. The highest BCUT2D eigenvalue weighted by Gasteiger charge is 2.24. The third kappa shape index (κ3) is 5.60. The zero-order chi connectivity index (χ0) is 25.4. The second-order valence-electron chi connectivity index (χ2n) is 6.86. The van der Waals surface area contributed by atoms with E-state index in [1.165, 1.54) is 60.7 Å². The number of sulfonamides is 2. The molecule has 0 unspecified atom stereocenters. The fourth-order valence-electron chi connectivity index (χ4n) is 3.04. The van der Waals surface area contributed by atoms with Gasteiger partial charge in [0.2, 0.25) is 0 Å². The number of nitrogens with one attached hydrogen (secondary N) is 2. The van der Waals surface area contributed by atoms with Crippen LogP contribution >= 0.6 is 45.9 Å². The van der Waals surface area contributed by atoms with Gasteiger partial charge in [0.1, 0.15) is 8.42 Å². The van der Waals surface area contributed by atoms with Gasteiger partial charge in [0.25, 0.3) is 25.7 Å². The summed E-state index contributed by atoms with van der Waals surface area (Å²) < 4.78 is 56.7. The van der Waals surface area contributed by atoms with E-state index < -0.39 is 25.0 Å². The van der Waals surface area contributed by atoms with Crippen molar-refractivity contribution in [3.8, 4) is 11.1 Å². The second-order valence-corrected chi connectivity index (χ2v) is 14.1. The first-order chi connectivity index (χ1) is 16.5. The lowest BCUT2D eigenvalue weighted by Crippen LogP contribution is -2.16. The number of benzene rings is 2. The number of anilines is 2. The van der Waals surface area contributed by atoms with Crippen LogP contribution in [0.15, 0.2) is 75.1 Å². The van der Waals surface area contributed by atoms with Crippen LogP contribution in [0.4, 0.5) is 17.1 Å². The molecular formula is C20H13Cl2N3O6S4. The zero-order valence-corrected chi connectivity index (χ0v) is 21.9. The number of rotatable bonds is 8. The van der Waals surface area contributed by atoms with E-state index in [1.54, 1.807) is 6.07 Å². The van der Waals surface area contributed by atoms with Gasteiger partial charge in [-0.05, 0) is 48.0 Å². The van der Waals surface area contributed by atoms with E-state index >= 15 is 0 Å². The minimum Gasteiger partial charge on any atom is -0.277 e. The molecule has 0 saturated heterocycles. The molecule has 4 aromatic rings. The molecule has 0 saturated carbocycles. The maximum atomic E-state index is 13.0. The Morgan fingerprint density at radius 2 is 1.29 bits per heavy atom. The monoisotopic (exact) mass is 589 g/mol. The van der Waals surface area contributed by atoms with Gasteiger partial charge in [0.15, 0.2) is 0 Å². The summed E-state index contributed by atoms with van der Waals surface area (Å²) in [7, 11) is -8.27. The van der Waals surface area contributed by atoms with Crippen molar-refractivity contribution < 1.29 is 21.8 Å². The first kappa shape index (κ1) is 25.4. The molecule has 0 atom stereocenters. The summed E-state index contributed by atoms with van der Waals surface area (Å²) >= 11 is 13.4. The summed E-state index contributed by atoms with van der Waals surface area (Å²) in [6, 6.07) is 15.4. The third-order valence-electron chi connectivity index (χ3n) is 4.55. The average Bonchev–Trinajstić information content (AvgIpc) is 3.44. The lowest BCUT2D eigenvalue weighted by molar-refractivity contribution is -0.384. The Morgan fingerprint density at radius 3 is 1.80 bits per heavy atom. The maximum Gasteiger partial charge on any atom is 0.277 e. The van der Waals surface area contributed by atoms with Crippen LogP contribution in [0, 0.1) is 10.1 Å². The molecule has 15 heteroatoms. The van der Waals surface area contributed by atoms with Crippen molar-refractivity contribution in [2.45, 2.75) is 8.42 Å². The molecule has 0 aliphatic rings. The molecule has 2 N–H and O–H groups in total. The molecule has 9 nitrogen and oxygen atoms in total. The molecule has 0 aliphatic heterocycles. The van der Waals surface area contributed by atoms with Crippen LogP contribution in [0.2, 0.25) is 8.67 Å². The van der Waals surface area contributed by atoms with Gasteiger partial charge >= 0.3 is 0 Å². The molecule has 4 rings (SSSR count). The Bertz CT molecular complexity index is 1650. The van der Waals surface area contributed by atoms with E-state index in [0.29, 0.717) is 5.56 Å². The fraction of sp³-hybridized carbons (Fsp3) is 0. The molecular weight excluding hydrogens is 577 g/mol. The van der Waals surface area contributed by atoms with Crippen LogP contribution in [0.1, 0.15) is 0 Å². The smallest absolute Gasteiger partial charge is 0.277 e. The summed E-state index contributed by atoms with van der Waals surface area (Å²) in [5, 5.41) is 11.5. The predicted octanol–water partition coefficient (Wildman–Crippen LogP) is 6.29. The van der Waals surface area contributed by atoms with Crippen LogP contribution < -0.4 is 9.44 Å². The van der Waals surface area contributed by atoms with Crippen molar-refractivity contribution >= 4 is 83.0 Å². The van der Waals surface area contributed by atoms with Crippen molar-refractivity contribution in [3.63, 3.8) is 0 Å². The fourth-order valence-corrected chi connectivity index (χ4v) is 8.15. The minimum absolute atomic E-state index is 0.0795. The third-order valence-corrected chi connectivity index (χ3v) is 10.7. The van der Waals surface area contributed by atoms with E-state index in [-0.39, 0.29) is 39.7 Å². The topological polar surface area (TPSA) is 135 Å². The van der Waals surface area contributed by atoms with Gasteiger partial charge in [-0.15, -0.1) is 22.7 Å². The van der Waals surface area contributed by atoms with Gasteiger partial charge in [-0.2, -0.15) is 0 Å². The number of hydrogen-bond acceptors (Lipinski definition) is 8. The highest BCUT2D eigenvalue weighted by Crippen LogP contribution is 2.37. The molecule has 0 amide bonds. The SMILES string of the molecule is O=[N+]([O-])c1ccccc1-c1ccc(NS(=O)(=O)c2ccc(Cl)s2)c(NS(=O)(=O)c2ccc(Cl)s2)c1. The first-order valence-corrected chi connectivity index (χ1v) is 14.8. The predicted molar refractivity (Wildman–Crippen MR) is 139 cm³/mol. The number of hydrogen-bond donors (Lipinski definition) is 2.